The zero-order valence-corrected chi connectivity index (χ0v) is 16.1. The number of quaternary nitrogens is 1. The zero-order valence-electron chi connectivity index (χ0n) is 16.1. The maximum atomic E-state index is 6.12. The molecule has 2 aliphatic heterocycles. The largest absolute Gasteiger partial charge is 0.463 e. The summed E-state index contributed by atoms with van der Waals surface area (Å²) in [6.45, 7) is 2.58. The summed E-state index contributed by atoms with van der Waals surface area (Å²) in [4.78, 5) is 8.94. The number of nitrogens with one attached hydrogen (secondary N) is 1. The molecule has 3 fully saturated rings. The molecule has 0 aromatic carbocycles. The van der Waals surface area contributed by atoms with E-state index in [1.807, 2.05) is 18.2 Å². The van der Waals surface area contributed by atoms with Gasteiger partial charge >= 0.3 is 0 Å². The van der Waals surface area contributed by atoms with Crippen LogP contribution in [0, 0.1) is 5.92 Å². The predicted octanol–water partition coefficient (Wildman–Crippen LogP) is 1.83. The first-order valence-electron chi connectivity index (χ1n) is 10.6. The van der Waals surface area contributed by atoms with E-state index in [1.54, 1.807) is 12.5 Å². The molecule has 0 amide bonds. The van der Waals surface area contributed by atoms with Gasteiger partial charge in [0.25, 0.3) is 0 Å². The normalized spacial score (nSPS) is 30.4. The van der Waals surface area contributed by atoms with Crippen LogP contribution in [-0.2, 0) is 9.47 Å². The lowest BCUT2D eigenvalue weighted by molar-refractivity contribution is -0.698. The smallest absolute Gasteiger partial charge is 0.223 e. The molecular formula is C21H29N4O3+. The number of furan rings is 1. The number of rotatable bonds is 6. The molecule has 28 heavy (non-hydrogen) atoms. The van der Waals surface area contributed by atoms with Gasteiger partial charge in [-0.3, -0.25) is 0 Å². The number of ether oxygens (including phenoxy) is 2. The van der Waals surface area contributed by atoms with E-state index < -0.39 is 0 Å². The Labute approximate surface area is 165 Å². The maximum absolute atomic E-state index is 6.12. The predicted molar refractivity (Wildman–Crippen MR) is 104 cm³/mol. The van der Waals surface area contributed by atoms with Crippen molar-refractivity contribution in [3.05, 3.63) is 30.7 Å². The van der Waals surface area contributed by atoms with E-state index >= 15 is 0 Å². The summed E-state index contributed by atoms with van der Waals surface area (Å²) < 4.78 is 17.7. The molecular weight excluding hydrogens is 356 g/mol. The van der Waals surface area contributed by atoms with Gasteiger partial charge in [-0.15, -0.1) is 0 Å². The van der Waals surface area contributed by atoms with Crippen molar-refractivity contribution in [3.63, 3.8) is 0 Å². The second-order valence-electron chi connectivity index (χ2n) is 8.23. The Balaban J connectivity index is 1.18. The molecule has 0 spiro atoms. The molecule has 1 saturated carbocycles. The van der Waals surface area contributed by atoms with Crippen LogP contribution < -0.4 is 10.6 Å². The van der Waals surface area contributed by atoms with E-state index in [9.17, 15) is 0 Å². The quantitative estimate of drug-likeness (QED) is 0.789. The van der Waals surface area contributed by atoms with Gasteiger partial charge in [0.1, 0.15) is 30.6 Å². The summed E-state index contributed by atoms with van der Waals surface area (Å²) >= 11 is 0. The molecule has 2 aromatic rings. The second kappa shape index (κ2) is 8.19. The van der Waals surface area contributed by atoms with Crippen molar-refractivity contribution >= 4 is 5.95 Å². The Hall–Kier alpha value is -1.96. The topological polar surface area (TPSA) is 86.0 Å². The van der Waals surface area contributed by atoms with Crippen LogP contribution in [-0.4, -0.2) is 54.0 Å². The fraction of sp³-hybridized carbons (Fsp3) is 0.619. The zero-order chi connectivity index (χ0) is 18.8. The number of hydrogen-bond donors (Lipinski definition) is 2. The van der Waals surface area contributed by atoms with Crippen molar-refractivity contribution in [1.82, 2.24) is 9.97 Å². The molecule has 5 rings (SSSR count). The molecule has 3 N–H and O–H groups in total. The molecule has 4 heterocycles. The molecule has 150 valence electrons. The standard InChI is InChI=1S/C21H28N4O3/c1-2-5-14(6-3-1)11-23-16-12-27-20-17(13-28-19(16)20)25-21-22-9-8-15(24-21)18-7-4-10-26-18/h4,7-10,14,16-17,19-20,23H,1-3,5-6,11-13H2,(H,22,24,25)/p+1/t16-,17-,19+,20+/m0/s1. The number of nitrogens with two attached hydrogens (primary N) is 1. The van der Waals surface area contributed by atoms with E-state index in [-0.39, 0.29) is 18.2 Å². The van der Waals surface area contributed by atoms with Crippen molar-refractivity contribution < 1.29 is 19.2 Å². The first-order valence-corrected chi connectivity index (χ1v) is 10.6. The van der Waals surface area contributed by atoms with Gasteiger partial charge < -0.3 is 24.5 Å². The van der Waals surface area contributed by atoms with Crippen molar-refractivity contribution in [2.24, 2.45) is 5.92 Å². The fourth-order valence-corrected chi connectivity index (χ4v) is 4.80. The average molecular weight is 385 g/mol. The van der Waals surface area contributed by atoms with Gasteiger partial charge in [0.2, 0.25) is 5.95 Å². The van der Waals surface area contributed by atoms with Gasteiger partial charge in [0.05, 0.1) is 25.5 Å². The van der Waals surface area contributed by atoms with E-state index in [0.29, 0.717) is 18.6 Å². The first-order chi connectivity index (χ1) is 13.9. The van der Waals surface area contributed by atoms with Gasteiger partial charge in [-0.2, -0.15) is 0 Å². The number of hydrogen-bond acceptors (Lipinski definition) is 6. The Morgan fingerprint density at radius 2 is 1.96 bits per heavy atom. The Morgan fingerprint density at radius 1 is 1.07 bits per heavy atom. The van der Waals surface area contributed by atoms with Crippen LogP contribution in [0.15, 0.2) is 35.1 Å². The highest BCUT2D eigenvalue weighted by Crippen LogP contribution is 2.28. The lowest BCUT2D eigenvalue weighted by atomic mass is 9.89. The lowest BCUT2D eigenvalue weighted by Gasteiger charge is -2.22. The molecule has 7 heteroatoms. The third-order valence-electron chi connectivity index (χ3n) is 6.33. The molecule has 0 bridgehead atoms. The van der Waals surface area contributed by atoms with Crippen molar-refractivity contribution in [2.75, 3.05) is 25.1 Å². The van der Waals surface area contributed by atoms with Gasteiger partial charge in [-0.1, -0.05) is 19.3 Å². The molecule has 0 unspecified atom stereocenters. The third kappa shape index (κ3) is 3.79. The Morgan fingerprint density at radius 3 is 2.82 bits per heavy atom. The molecule has 1 aliphatic carbocycles. The van der Waals surface area contributed by atoms with Crippen LogP contribution in [0.3, 0.4) is 0 Å². The molecule has 2 saturated heterocycles. The summed E-state index contributed by atoms with van der Waals surface area (Å²) in [6.07, 6.45) is 10.6. The van der Waals surface area contributed by atoms with Gasteiger partial charge in [0.15, 0.2) is 5.76 Å². The second-order valence-corrected chi connectivity index (χ2v) is 8.23. The first kappa shape index (κ1) is 18.1. The fourth-order valence-electron chi connectivity index (χ4n) is 4.80. The SMILES string of the molecule is c1coc(-c2ccnc(N[C@H]3CO[C@H]4[C@@H]3OC[C@@H]4[NH2+]CC3CCCCC3)n2)c1. The van der Waals surface area contributed by atoms with Gasteiger partial charge in [0, 0.05) is 12.1 Å². The van der Waals surface area contributed by atoms with Crippen LogP contribution in [0.25, 0.3) is 11.5 Å². The maximum Gasteiger partial charge on any atom is 0.223 e. The van der Waals surface area contributed by atoms with Gasteiger partial charge in [-0.25, -0.2) is 9.97 Å². The van der Waals surface area contributed by atoms with Crippen molar-refractivity contribution in [1.29, 1.82) is 0 Å². The van der Waals surface area contributed by atoms with E-state index in [0.717, 1.165) is 24.0 Å². The van der Waals surface area contributed by atoms with E-state index in [4.69, 9.17) is 13.9 Å². The van der Waals surface area contributed by atoms with Crippen LogP contribution in [0.4, 0.5) is 5.95 Å². The number of fused-ring (bicyclic) bond motifs is 1. The minimum Gasteiger partial charge on any atom is -0.463 e. The minimum atomic E-state index is 0.0588. The molecule has 2 aromatic heterocycles. The molecule has 3 aliphatic rings. The summed E-state index contributed by atoms with van der Waals surface area (Å²) in [5.41, 5.74) is 0.768. The molecule has 0 radical (unpaired) electrons. The highest BCUT2D eigenvalue weighted by Gasteiger charge is 2.50. The summed E-state index contributed by atoms with van der Waals surface area (Å²) in [6, 6.07) is 6.07. The highest BCUT2D eigenvalue weighted by atomic mass is 16.6. The average Bonchev–Trinajstić information content (AvgIpc) is 3.47. The minimum absolute atomic E-state index is 0.0588. The Bertz CT molecular complexity index is 763. The number of aromatic nitrogens is 2. The van der Waals surface area contributed by atoms with Gasteiger partial charge in [-0.05, 0) is 31.0 Å². The van der Waals surface area contributed by atoms with Crippen LogP contribution in [0.5, 0.6) is 0 Å². The van der Waals surface area contributed by atoms with E-state index in [2.05, 4.69) is 20.6 Å². The number of nitrogens with zero attached hydrogens (tertiary/aromatic N) is 2. The van der Waals surface area contributed by atoms with E-state index in [1.165, 1.54) is 38.6 Å². The third-order valence-corrected chi connectivity index (χ3v) is 6.33. The summed E-state index contributed by atoms with van der Waals surface area (Å²) in [5.74, 6) is 2.18. The van der Waals surface area contributed by atoms with Crippen LogP contribution >= 0.6 is 0 Å². The summed E-state index contributed by atoms with van der Waals surface area (Å²) in [7, 11) is 0. The molecule has 4 atom stereocenters. The molecule has 7 nitrogen and oxygen atoms in total. The van der Waals surface area contributed by atoms with Crippen LogP contribution in [0.2, 0.25) is 0 Å². The lowest BCUT2D eigenvalue weighted by Crippen LogP contribution is -2.93. The summed E-state index contributed by atoms with van der Waals surface area (Å²) in [5, 5.41) is 5.88. The Kier molecular flexibility index (Phi) is 5.29. The number of anilines is 1. The van der Waals surface area contributed by atoms with Crippen molar-refractivity contribution in [2.45, 2.75) is 56.4 Å². The highest BCUT2D eigenvalue weighted by molar-refractivity contribution is 5.53. The van der Waals surface area contributed by atoms with Crippen molar-refractivity contribution in [3.8, 4) is 11.5 Å². The van der Waals surface area contributed by atoms with Crippen LogP contribution in [0.1, 0.15) is 32.1 Å². The monoisotopic (exact) mass is 385 g/mol.